The quantitative estimate of drug-likeness (QED) is 0.835. The molecule has 1 aromatic rings. The summed E-state index contributed by atoms with van der Waals surface area (Å²) >= 11 is 0. The van der Waals surface area contributed by atoms with Crippen molar-refractivity contribution in [2.24, 2.45) is 5.92 Å². The number of likely N-dealkylation sites (N-methyl/N-ethyl adjacent to an activating group) is 1. The first-order valence-corrected chi connectivity index (χ1v) is 7.68. The van der Waals surface area contributed by atoms with Crippen molar-refractivity contribution >= 4 is 5.91 Å². The molecule has 126 valence electrons. The third-order valence-corrected chi connectivity index (χ3v) is 4.33. The van der Waals surface area contributed by atoms with Gasteiger partial charge in [-0.1, -0.05) is 0 Å². The molecule has 1 amide bonds. The summed E-state index contributed by atoms with van der Waals surface area (Å²) in [6, 6.07) is 2.92. The maximum Gasteiger partial charge on any atom is 0.260 e. The van der Waals surface area contributed by atoms with Crippen LogP contribution in [0.2, 0.25) is 0 Å². The first-order chi connectivity index (χ1) is 11.0. The van der Waals surface area contributed by atoms with Gasteiger partial charge in [-0.15, -0.1) is 0 Å². The van der Waals surface area contributed by atoms with Crippen LogP contribution in [0.5, 0.6) is 5.75 Å². The van der Waals surface area contributed by atoms with Crippen molar-refractivity contribution in [3.63, 3.8) is 0 Å². The largest absolute Gasteiger partial charge is 0.481 e. The first kappa shape index (κ1) is 16.1. The molecule has 2 heterocycles. The lowest BCUT2D eigenvalue weighted by molar-refractivity contribution is -0.133. The first-order valence-electron chi connectivity index (χ1n) is 7.68. The molecule has 0 aromatic heterocycles. The SMILES string of the molecule is CN1CCO[C@@H]2CN(C(=O)COc3cc(F)ccc3F)C[C@@H]2C1. The number of hydrogen-bond donors (Lipinski definition) is 0. The van der Waals surface area contributed by atoms with E-state index in [9.17, 15) is 13.6 Å². The maximum atomic E-state index is 13.5. The minimum atomic E-state index is -0.685. The zero-order chi connectivity index (χ0) is 16.4. The highest BCUT2D eigenvalue weighted by Crippen LogP contribution is 2.24. The summed E-state index contributed by atoms with van der Waals surface area (Å²) in [6.45, 7) is 3.24. The molecule has 0 spiro atoms. The van der Waals surface area contributed by atoms with Crippen LogP contribution in [0, 0.1) is 17.6 Å². The molecule has 1 aromatic carbocycles. The molecule has 0 N–H and O–H groups in total. The number of hydrogen-bond acceptors (Lipinski definition) is 4. The van der Waals surface area contributed by atoms with Gasteiger partial charge in [-0.2, -0.15) is 0 Å². The molecule has 2 fully saturated rings. The van der Waals surface area contributed by atoms with Crippen LogP contribution in [-0.4, -0.2) is 68.3 Å². The highest BCUT2D eigenvalue weighted by molar-refractivity contribution is 5.78. The molecule has 5 nitrogen and oxygen atoms in total. The van der Waals surface area contributed by atoms with E-state index >= 15 is 0 Å². The molecule has 2 aliphatic rings. The molecule has 0 radical (unpaired) electrons. The minimum absolute atomic E-state index is 0.0369. The summed E-state index contributed by atoms with van der Waals surface area (Å²) < 4.78 is 37.5. The molecule has 2 saturated heterocycles. The lowest BCUT2D eigenvalue weighted by Crippen LogP contribution is -2.35. The Balaban J connectivity index is 1.56. The van der Waals surface area contributed by atoms with Crippen LogP contribution in [0.25, 0.3) is 0 Å². The van der Waals surface area contributed by atoms with E-state index in [1.54, 1.807) is 4.90 Å². The van der Waals surface area contributed by atoms with Crippen LogP contribution >= 0.6 is 0 Å². The van der Waals surface area contributed by atoms with E-state index in [1.165, 1.54) is 0 Å². The van der Waals surface area contributed by atoms with Gasteiger partial charge in [0, 0.05) is 38.2 Å². The summed E-state index contributed by atoms with van der Waals surface area (Å²) in [5, 5.41) is 0. The van der Waals surface area contributed by atoms with Crippen molar-refractivity contribution in [3.05, 3.63) is 29.8 Å². The molecule has 2 aliphatic heterocycles. The van der Waals surface area contributed by atoms with Gasteiger partial charge in [0.25, 0.3) is 5.91 Å². The van der Waals surface area contributed by atoms with Crippen molar-refractivity contribution < 1.29 is 23.0 Å². The van der Waals surface area contributed by atoms with E-state index in [0.717, 1.165) is 31.3 Å². The van der Waals surface area contributed by atoms with Crippen LogP contribution in [0.1, 0.15) is 0 Å². The predicted molar refractivity (Wildman–Crippen MR) is 79.2 cm³/mol. The number of likely N-dealkylation sites (tertiary alicyclic amines) is 1. The smallest absolute Gasteiger partial charge is 0.260 e. The number of rotatable bonds is 3. The van der Waals surface area contributed by atoms with Gasteiger partial charge in [-0.3, -0.25) is 4.79 Å². The second-order valence-electron chi connectivity index (χ2n) is 6.09. The fourth-order valence-electron chi connectivity index (χ4n) is 3.08. The Kier molecular flexibility index (Phi) is 4.77. The number of benzene rings is 1. The van der Waals surface area contributed by atoms with Gasteiger partial charge in [-0.25, -0.2) is 8.78 Å². The van der Waals surface area contributed by atoms with E-state index < -0.39 is 11.6 Å². The molecule has 0 unspecified atom stereocenters. The summed E-state index contributed by atoms with van der Waals surface area (Å²) in [5.41, 5.74) is 0. The summed E-state index contributed by atoms with van der Waals surface area (Å²) in [6.07, 6.45) is 0.0369. The maximum absolute atomic E-state index is 13.5. The standard InChI is InChI=1S/C16H20F2N2O3/c1-19-4-5-22-15-9-20(8-11(15)7-19)16(21)10-23-14-6-12(17)2-3-13(14)18/h2-3,6,11,15H,4-5,7-10H2,1H3/t11-,15+/m0/s1. The molecular formula is C16H20F2N2O3. The van der Waals surface area contributed by atoms with Crippen LogP contribution in [-0.2, 0) is 9.53 Å². The Morgan fingerprint density at radius 2 is 2.17 bits per heavy atom. The van der Waals surface area contributed by atoms with Crippen LogP contribution in [0.3, 0.4) is 0 Å². The number of amides is 1. The Hall–Kier alpha value is -1.73. The fraction of sp³-hybridized carbons (Fsp3) is 0.562. The third kappa shape index (κ3) is 3.79. The van der Waals surface area contributed by atoms with Gasteiger partial charge in [0.05, 0.1) is 12.7 Å². The summed E-state index contributed by atoms with van der Waals surface area (Å²) in [4.78, 5) is 16.1. The van der Waals surface area contributed by atoms with Crippen molar-refractivity contribution in [2.75, 3.05) is 46.4 Å². The second kappa shape index (κ2) is 6.80. The molecule has 7 heteroatoms. The normalized spacial score (nSPS) is 25.1. The second-order valence-corrected chi connectivity index (χ2v) is 6.09. The Bertz CT molecular complexity index is 584. The van der Waals surface area contributed by atoms with Crippen LogP contribution < -0.4 is 4.74 Å². The van der Waals surface area contributed by atoms with E-state index in [2.05, 4.69) is 4.90 Å². The van der Waals surface area contributed by atoms with Crippen molar-refractivity contribution in [1.82, 2.24) is 9.80 Å². The van der Waals surface area contributed by atoms with E-state index in [1.807, 2.05) is 7.05 Å². The van der Waals surface area contributed by atoms with Gasteiger partial charge in [0.15, 0.2) is 18.2 Å². The van der Waals surface area contributed by atoms with Crippen molar-refractivity contribution in [3.8, 4) is 5.75 Å². The average Bonchev–Trinajstić information content (AvgIpc) is 2.82. The minimum Gasteiger partial charge on any atom is -0.481 e. The summed E-state index contributed by atoms with van der Waals surface area (Å²) in [5.74, 6) is -1.50. The molecule has 0 aliphatic carbocycles. The number of ether oxygens (including phenoxy) is 2. The molecule has 2 atom stereocenters. The van der Waals surface area contributed by atoms with Gasteiger partial charge in [-0.05, 0) is 19.2 Å². The highest BCUT2D eigenvalue weighted by atomic mass is 19.1. The number of carbonyl (C=O) groups is 1. The average molecular weight is 326 g/mol. The number of fused-ring (bicyclic) bond motifs is 1. The van der Waals surface area contributed by atoms with Crippen molar-refractivity contribution in [1.29, 1.82) is 0 Å². The van der Waals surface area contributed by atoms with Gasteiger partial charge in [0.2, 0.25) is 0 Å². The third-order valence-electron chi connectivity index (χ3n) is 4.33. The number of halogens is 2. The fourth-order valence-corrected chi connectivity index (χ4v) is 3.08. The molecule has 0 bridgehead atoms. The van der Waals surface area contributed by atoms with Crippen LogP contribution in [0.15, 0.2) is 18.2 Å². The Morgan fingerprint density at radius 1 is 1.35 bits per heavy atom. The summed E-state index contributed by atoms with van der Waals surface area (Å²) in [7, 11) is 2.03. The van der Waals surface area contributed by atoms with Gasteiger partial charge >= 0.3 is 0 Å². The van der Waals surface area contributed by atoms with E-state index in [-0.39, 0.29) is 30.3 Å². The highest BCUT2D eigenvalue weighted by Gasteiger charge is 2.37. The Morgan fingerprint density at radius 3 is 3.00 bits per heavy atom. The molecular weight excluding hydrogens is 306 g/mol. The lowest BCUT2D eigenvalue weighted by atomic mass is 10.1. The topological polar surface area (TPSA) is 42.0 Å². The Labute approximate surface area is 133 Å². The van der Waals surface area contributed by atoms with Gasteiger partial charge in [0.1, 0.15) is 5.82 Å². The monoisotopic (exact) mass is 326 g/mol. The predicted octanol–water partition coefficient (Wildman–Crippen LogP) is 1.13. The molecule has 23 heavy (non-hydrogen) atoms. The van der Waals surface area contributed by atoms with Gasteiger partial charge < -0.3 is 19.3 Å². The zero-order valence-corrected chi connectivity index (χ0v) is 13.0. The van der Waals surface area contributed by atoms with Crippen molar-refractivity contribution in [2.45, 2.75) is 6.10 Å². The molecule has 3 rings (SSSR count). The molecule has 0 saturated carbocycles. The van der Waals surface area contributed by atoms with E-state index in [0.29, 0.717) is 19.7 Å². The van der Waals surface area contributed by atoms with Crippen LogP contribution in [0.4, 0.5) is 8.78 Å². The van der Waals surface area contributed by atoms with E-state index in [4.69, 9.17) is 9.47 Å². The number of carbonyl (C=O) groups excluding carboxylic acids is 1. The zero-order valence-electron chi connectivity index (χ0n) is 13.0. The lowest BCUT2D eigenvalue weighted by Gasteiger charge is -2.19. The number of nitrogens with zero attached hydrogens (tertiary/aromatic N) is 2.